The minimum Gasteiger partial charge on any atom is -0.214 e. The zero-order valence-corrected chi connectivity index (χ0v) is 21.3. The van der Waals surface area contributed by atoms with Crippen molar-refractivity contribution in [2.45, 2.75) is 41.5 Å². The van der Waals surface area contributed by atoms with Crippen LogP contribution in [0.25, 0.3) is 0 Å². The van der Waals surface area contributed by atoms with Crippen LogP contribution in [0.3, 0.4) is 0 Å². The van der Waals surface area contributed by atoms with E-state index in [1.165, 1.54) is 0 Å². The Morgan fingerprint density at radius 3 is 0.792 bits per heavy atom. The van der Waals surface area contributed by atoms with Gasteiger partial charge in [0.2, 0.25) is 0 Å². The van der Waals surface area contributed by atoms with Gasteiger partial charge in [-0.2, -0.15) is 47.2 Å². The average molecular weight is 424 g/mol. The van der Waals surface area contributed by atoms with Crippen LogP contribution in [0, 0.1) is 39.5 Å². The zero-order chi connectivity index (χ0) is 18.1. The molecule has 0 unspecified atom stereocenters. The molecule has 0 aliphatic rings. The molecule has 0 spiro atoms. The Hall–Kier alpha value is -0.200. The molecular formula is C22H40SiZr-6. The van der Waals surface area contributed by atoms with Crippen molar-refractivity contribution < 1.29 is 23.3 Å². The second kappa shape index (κ2) is 22.8. The first-order chi connectivity index (χ1) is 10.0. The third-order valence-corrected chi connectivity index (χ3v) is 1.11. The molecule has 0 aliphatic heterocycles. The predicted molar refractivity (Wildman–Crippen MR) is 115 cm³/mol. The quantitative estimate of drug-likeness (QED) is 0.334. The van der Waals surface area contributed by atoms with Crippen LogP contribution in [0.1, 0.15) is 41.5 Å². The minimum absolute atomic E-state index is 0. The molecule has 0 bridgehead atoms. The molecule has 0 radical (unpaired) electrons. The second-order valence-corrected chi connectivity index (χ2v) is 7.05. The van der Waals surface area contributed by atoms with E-state index in [-0.39, 0.29) is 25.7 Å². The second-order valence-electron chi connectivity index (χ2n) is 7.05. The molecule has 24 heavy (non-hydrogen) atoms. The Morgan fingerprint density at radius 2 is 0.750 bits per heavy atom. The normalized spacial score (nSPS) is 8.46. The molecule has 0 saturated heterocycles. The summed E-state index contributed by atoms with van der Waals surface area (Å²) in [6.45, 7) is 22.0. The van der Waals surface area contributed by atoms with Gasteiger partial charge in [0.25, 0.3) is 0 Å². The Bertz CT molecular complexity index is 276. The van der Waals surface area contributed by atoms with Gasteiger partial charge in [0.15, 0.2) is 0 Å². The van der Waals surface area contributed by atoms with Crippen molar-refractivity contribution in [2.24, 2.45) is 10.8 Å². The maximum absolute atomic E-state index is 3.77. The van der Waals surface area contributed by atoms with Gasteiger partial charge < -0.3 is 28.7 Å². The summed E-state index contributed by atoms with van der Waals surface area (Å²) in [5, 5.41) is 0. The third kappa shape index (κ3) is 98.2. The van der Waals surface area contributed by atoms with E-state index in [4.69, 9.17) is 0 Å². The first-order valence-corrected chi connectivity index (χ1v) is 13.3. The van der Waals surface area contributed by atoms with E-state index in [9.17, 15) is 0 Å². The summed E-state index contributed by atoms with van der Waals surface area (Å²) >= 11 is 1.58. The molecule has 0 nitrogen and oxygen atoms in total. The molecule has 2 heteroatoms. The van der Waals surface area contributed by atoms with E-state index in [0.29, 0.717) is 0 Å². The first-order valence-electron chi connectivity index (χ1n) is 7.39. The minimum atomic E-state index is 0. The first kappa shape index (κ1) is 35.0. The summed E-state index contributed by atoms with van der Waals surface area (Å²) in [6.07, 6.45) is 0. The van der Waals surface area contributed by atoms with Crippen LogP contribution in [-0.4, -0.2) is 6.88 Å². The topological polar surface area (TPSA) is 0 Å². The summed E-state index contributed by atoms with van der Waals surface area (Å²) in [5.74, 6) is 0. The molecule has 0 aromatic heterocycles. The standard InChI is InChI=1S/2C5H5.2C5H11.2CH3.H2Si.Zr/c2*1-2-4-5-3-1;2*1-5(2,3)4;;;;/h2*1-5H;2*1H2,2-4H3;2*1H3;1H2;/q6*-1;;. The van der Waals surface area contributed by atoms with Crippen LogP contribution in [0.2, 0.25) is 0 Å². The fourth-order valence-electron chi connectivity index (χ4n) is 0.642. The average Bonchev–Trinajstić information content (AvgIpc) is 3.06. The summed E-state index contributed by atoms with van der Waals surface area (Å²) in [4.78, 5) is 0. The molecule has 0 atom stereocenters. The van der Waals surface area contributed by atoms with Crippen molar-refractivity contribution in [3.8, 4) is 0 Å². The van der Waals surface area contributed by atoms with Crippen molar-refractivity contribution >= 4 is 6.88 Å². The van der Waals surface area contributed by atoms with E-state index in [1.807, 2.05) is 67.5 Å². The molecule has 2 aromatic rings. The van der Waals surface area contributed by atoms with Crippen molar-refractivity contribution in [1.82, 2.24) is 0 Å². The summed E-state index contributed by atoms with van der Waals surface area (Å²) in [7, 11) is 0. The third-order valence-electron chi connectivity index (χ3n) is 1.11. The van der Waals surface area contributed by atoms with E-state index in [2.05, 4.69) is 55.4 Å². The molecule has 0 saturated carbocycles. The van der Waals surface area contributed by atoms with Gasteiger partial charge in [0.05, 0.1) is 0 Å². The molecule has 0 amide bonds. The maximum atomic E-state index is 3.77. The Morgan fingerprint density at radius 1 is 0.625 bits per heavy atom. The molecule has 0 fully saturated rings. The molecular weight excluding hydrogens is 384 g/mol. The fourth-order valence-corrected chi connectivity index (χ4v) is 0.642. The summed E-state index contributed by atoms with van der Waals surface area (Å²) < 4.78 is 0. The van der Waals surface area contributed by atoms with Gasteiger partial charge in [-0.25, -0.2) is 24.3 Å². The maximum Gasteiger partial charge on any atom is -0.172 e. The molecule has 0 heterocycles. The number of rotatable bonds is 0. The monoisotopic (exact) mass is 422 g/mol. The van der Waals surface area contributed by atoms with Gasteiger partial charge in [-0.05, 0) is 0 Å². The summed E-state index contributed by atoms with van der Waals surface area (Å²) in [6, 6.07) is 20.0. The molecule has 0 aliphatic carbocycles. The smallest absolute Gasteiger partial charge is 0.172 e. The number of hydrogen-bond acceptors (Lipinski definition) is 0. The van der Waals surface area contributed by atoms with E-state index in [1.54, 1.807) is 23.3 Å². The predicted octanol–water partition coefficient (Wildman–Crippen LogP) is 6.53. The van der Waals surface area contributed by atoms with Crippen molar-refractivity contribution in [3.05, 3.63) is 89.4 Å². The Labute approximate surface area is 171 Å². The van der Waals surface area contributed by atoms with Crippen LogP contribution in [0.15, 0.2) is 60.7 Å². The van der Waals surface area contributed by atoms with Gasteiger partial charge in [0.1, 0.15) is 0 Å². The molecule has 2 aromatic carbocycles. The van der Waals surface area contributed by atoms with Crippen molar-refractivity contribution in [1.29, 1.82) is 0 Å². The van der Waals surface area contributed by atoms with Gasteiger partial charge in [0, 0.05) is 0 Å². The van der Waals surface area contributed by atoms with Crippen LogP contribution in [0.4, 0.5) is 0 Å². The fraction of sp³-hybridized carbons (Fsp3) is 0.364. The van der Waals surface area contributed by atoms with Crippen LogP contribution in [0.5, 0.6) is 0 Å². The van der Waals surface area contributed by atoms with Gasteiger partial charge >= 0.3 is 30.2 Å². The van der Waals surface area contributed by atoms with Crippen molar-refractivity contribution in [2.75, 3.05) is 0 Å². The molecule has 2 rings (SSSR count). The largest absolute Gasteiger partial charge is 0.214 e. The number of hydrogen-bond donors (Lipinski definition) is 0. The summed E-state index contributed by atoms with van der Waals surface area (Å²) in [5.41, 5.74) is 0.500. The van der Waals surface area contributed by atoms with E-state index >= 15 is 0 Å². The van der Waals surface area contributed by atoms with Crippen LogP contribution < -0.4 is 0 Å². The SMILES string of the molecule is [CH2-]C(C)(C)C.[CH2-]C(C)(C)C.[CH3-].[CH3-].[SiH2]=[Zr].c1cc[cH-]c1.c1cc[cH-]c1. The molecule has 142 valence electrons. The van der Waals surface area contributed by atoms with Crippen LogP contribution in [-0.2, 0) is 23.3 Å². The van der Waals surface area contributed by atoms with Crippen LogP contribution >= 0.6 is 0 Å². The van der Waals surface area contributed by atoms with Gasteiger partial charge in [-0.1, -0.05) is 41.5 Å². The zero-order valence-electron chi connectivity index (χ0n) is 17.4. The van der Waals surface area contributed by atoms with Gasteiger partial charge in [-0.3, -0.25) is 0 Å². The van der Waals surface area contributed by atoms with Gasteiger partial charge in [-0.15, -0.1) is 0 Å². The Kier molecular flexibility index (Phi) is 33.3. The van der Waals surface area contributed by atoms with E-state index < -0.39 is 0 Å². The van der Waals surface area contributed by atoms with Crippen molar-refractivity contribution in [3.63, 3.8) is 0 Å². The van der Waals surface area contributed by atoms with E-state index in [0.717, 1.165) is 0 Å². The Balaban J connectivity index is -0.0000000629. The molecule has 0 N–H and O–H groups in total.